The highest BCUT2D eigenvalue weighted by molar-refractivity contribution is 7.84. The summed E-state index contributed by atoms with van der Waals surface area (Å²) in [4.78, 5) is 8.40. The molecule has 0 aliphatic rings. The normalized spacial score (nSPS) is 14.3. The third-order valence-electron chi connectivity index (χ3n) is 2.53. The molecule has 0 aliphatic carbocycles. The highest BCUT2D eigenvalue weighted by Gasteiger charge is 2.08. The van der Waals surface area contributed by atoms with Gasteiger partial charge in [0.1, 0.15) is 12.1 Å². The van der Waals surface area contributed by atoms with Crippen LogP contribution in [0.2, 0.25) is 0 Å². The topological polar surface area (TPSA) is 80.9 Å². The molecule has 2 unspecified atom stereocenters. The fourth-order valence-corrected chi connectivity index (χ4v) is 2.60. The van der Waals surface area contributed by atoms with Gasteiger partial charge in [0.25, 0.3) is 0 Å². The summed E-state index contributed by atoms with van der Waals surface area (Å²) in [6, 6.07) is 5.59. The zero-order chi connectivity index (χ0) is 13.1. The zero-order valence-electron chi connectivity index (χ0n) is 10.4. The Labute approximate surface area is 108 Å². The second kappa shape index (κ2) is 5.30. The van der Waals surface area contributed by atoms with Crippen LogP contribution in [0, 0.1) is 0 Å². The Hall–Kier alpha value is -1.69. The predicted molar refractivity (Wildman–Crippen MR) is 76.0 cm³/mol. The summed E-state index contributed by atoms with van der Waals surface area (Å²) in [5, 5.41) is 4.12. The standard InChI is InChI=1S/C12H16N4OS/c1-8(6-18(2)17)16-12-10-5-9(13)3-4-11(10)14-7-15-12/h3-5,7-8H,6,13H2,1-2H3,(H,14,15,16). The number of fused-ring (bicyclic) bond motifs is 1. The van der Waals surface area contributed by atoms with Gasteiger partial charge in [0, 0.05) is 39.9 Å². The van der Waals surface area contributed by atoms with E-state index in [0.717, 1.165) is 16.7 Å². The summed E-state index contributed by atoms with van der Waals surface area (Å²) in [6.07, 6.45) is 3.20. The summed E-state index contributed by atoms with van der Waals surface area (Å²) >= 11 is 0. The highest BCUT2D eigenvalue weighted by atomic mass is 32.2. The van der Waals surface area contributed by atoms with Crippen LogP contribution in [0.15, 0.2) is 24.5 Å². The number of nitrogens with zero attached hydrogens (tertiary/aromatic N) is 2. The molecule has 0 amide bonds. The van der Waals surface area contributed by atoms with E-state index in [1.165, 1.54) is 6.33 Å². The minimum absolute atomic E-state index is 0.0790. The van der Waals surface area contributed by atoms with Crippen LogP contribution in [-0.2, 0) is 10.8 Å². The molecule has 3 N–H and O–H groups in total. The molecule has 5 nitrogen and oxygen atoms in total. The molecule has 2 aromatic rings. The van der Waals surface area contributed by atoms with Crippen molar-refractivity contribution in [1.29, 1.82) is 0 Å². The van der Waals surface area contributed by atoms with Gasteiger partial charge in [0.2, 0.25) is 0 Å². The molecular weight excluding hydrogens is 248 g/mol. The largest absolute Gasteiger partial charge is 0.399 e. The van der Waals surface area contributed by atoms with E-state index in [1.807, 2.05) is 25.1 Å². The molecule has 0 fully saturated rings. The Balaban J connectivity index is 2.32. The van der Waals surface area contributed by atoms with Crippen LogP contribution in [0.3, 0.4) is 0 Å². The molecule has 96 valence electrons. The SMILES string of the molecule is CC(CS(C)=O)Nc1ncnc2ccc(N)cc12. The minimum atomic E-state index is -0.838. The van der Waals surface area contributed by atoms with E-state index >= 15 is 0 Å². The molecular formula is C12H16N4OS. The van der Waals surface area contributed by atoms with Crippen molar-refractivity contribution < 1.29 is 4.21 Å². The molecule has 0 bridgehead atoms. The minimum Gasteiger partial charge on any atom is -0.399 e. The van der Waals surface area contributed by atoms with E-state index in [-0.39, 0.29) is 6.04 Å². The Kier molecular flexibility index (Phi) is 3.76. The molecule has 0 spiro atoms. The molecule has 2 atom stereocenters. The van der Waals surface area contributed by atoms with Crippen molar-refractivity contribution in [1.82, 2.24) is 9.97 Å². The predicted octanol–water partition coefficient (Wildman–Crippen LogP) is 1.39. The third kappa shape index (κ3) is 2.95. The number of rotatable bonds is 4. The Morgan fingerprint density at radius 2 is 2.22 bits per heavy atom. The van der Waals surface area contributed by atoms with Crippen molar-refractivity contribution >= 4 is 33.2 Å². The van der Waals surface area contributed by atoms with E-state index in [1.54, 1.807) is 6.26 Å². The maximum Gasteiger partial charge on any atom is 0.137 e. The highest BCUT2D eigenvalue weighted by Crippen LogP contribution is 2.22. The number of benzene rings is 1. The first-order valence-corrected chi connectivity index (χ1v) is 7.36. The van der Waals surface area contributed by atoms with Crippen LogP contribution in [0.25, 0.3) is 10.9 Å². The summed E-state index contributed by atoms with van der Waals surface area (Å²) in [6.45, 7) is 1.97. The first-order valence-electron chi connectivity index (χ1n) is 5.63. The number of hydrogen-bond donors (Lipinski definition) is 2. The molecule has 1 heterocycles. The smallest absolute Gasteiger partial charge is 0.137 e. The van der Waals surface area contributed by atoms with Crippen LogP contribution in [-0.4, -0.2) is 32.2 Å². The lowest BCUT2D eigenvalue weighted by Gasteiger charge is -2.14. The second-order valence-electron chi connectivity index (χ2n) is 4.28. The molecule has 6 heteroatoms. The van der Waals surface area contributed by atoms with E-state index in [0.29, 0.717) is 11.4 Å². The molecule has 1 aromatic heterocycles. The first-order chi connectivity index (χ1) is 8.56. The maximum atomic E-state index is 11.2. The van der Waals surface area contributed by atoms with Gasteiger partial charge in [-0.2, -0.15) is 0 Å². The molecule has 0 aliphatic heterocycles. The zero-order valence-corrected chi connectivity index (χ0v) is 11.2. The number of nitrogens with one attached hydrogen (secondary N) is 1. The molecule has 18 heavy (non-hydrogen) atoms. The van der Waals surface area contributed by atoms with Crippen molar-refractivity contribution in [3.63, 3.8) is 0 Å². The van der Waals surface area contributed by atoms with Crippen molar-refractivity contribution in [3.8, 4) is 0 Å². The van der Waals surface area contributed by atoms with Crippen molar-refractivity contribution in [2.45, 2.75) is 13.0 Å². The fourth-order valence-electron chi connectivity index (χ4n) is 1.82. The number of aromatic nitrogens is 2. The van der Waals surface area contributed by atoms with Crippen LogP contribution in [0.4, 0.5) is 11.5 Å². The van der Waals surface area contributed by atoms with E-state index in [4.69, 9.17) is 5.73 Å². The Morgan fingerprint density at radius 3 is 2.94 bits per heavy atom. The number of hydrogen-bond acceptors (Lipinski definition) is 5. The fraction of sp³-hybridized carbons (Fsp3) is 0.333. The monoisotopic (exact) mass is 264 g/mol. The van der Waals surface area contributed by atoms with Crippen molar-refractivity contribution in [2.75, 3.05) is 23.1 Å². The molecule has 0 saturated heterocycles. The van der Waals surface area contributed by atoms with Crippen LogP contribution in [0.5, 0.6) is 0 Å². The van der Waals surface area contributed by atoms with Gasteiger partial charge in [0.05, 0.1) is 5.52 Å². The Bertz CT molecular complexity index is 587. The van der Waals surface area contributed by atoms with E-state index in [2.05, 4.69) is 15.3 Å². The van der Waals surface area contributed by atoms with Gasteiger partial charge in [-0.15, -0.1) is 0 Å². The summed E-state index contributed by atoms with van der Waals surface area (Å²) < 4.78 is 11.2. The lowest BCUT2D eigenvalue weighted by molar-refractivity contribution is 0.683. The average molecular weight is 264 g/mol. The number of anilines is 2. The van der Waals surface area contributed by atoms with Gasteiger partial charge in [-0.1, -0.05) is 0 Å². The van der Waals surface area contributed by atoms with Gasteiger partial charge in [-0.3, -0.25) is 4.21 Å². The summed E-state index contributed by atoms with van der Waals surface area (Å²) in [5.74, 6) is 1.30. The second-order valence-corrected chi connectivity index (χ2v) is 5.76. The van der Waals surface area contributed by atoms with E-state index < -0.39 is 10.8 Å². The molecule has 1 aromatic carbocycles. The third-order valence-corrected chi connectivity index (χ3v) is 3.50. The van der Waals surface area contributed by atoms with E-state index in [9.17, 15) is 4.21 Å². The summed E-state index contributed by atoms with van der Waals surface area (Å²) in [7, 11) is -0.838. The Morgan fingerprint density at radius 1 is 1.44 bits per heavy atom. The number of nitrogen functional groups attached to an aromatic ring is 1. The average Bonchev–Trinajstić information content (AvgIpc) is 2.28. The van der Waals surface area contributed by atoms with Gasteiger partial charge >= 0.3 is 0 Å². The van der Waals surface area contributed by atoms with Crippen LogP contribution >= 0.6 is 0 Å². The lowest BCUT2D eigenvalue weighted by atomic mass is 10.2. The van der Waals surface area contributed by atoms with Gasteiger partial charge in [-0.05, 0) is 25.1 Å². The summed E-state index contributed by atoms with van der Waals surface area (Å²) in [5.41, 5.74) is 7.28. The van der Waals surface area contributed by atoms with Gasteiger partial charge in [0.15, 0.2) is 0 Å². The lowest BCUT2D eigenvalue weighted by Crippen LogP contribution is -2.23. The van der Waals surface area contributed by atoms with Gasteiger partial charge < -0.3 is 11.1 Å². The van der Waals surface area contributed by atoms with Crippen molar-refractivity contribution in [3.05, 3.63) is 24.5 Å². The van der Waals surface area contributed by atoms with Gasteiger partial charge in [-0.25, -0.2) is 9.97 Å². The quantitative estimate of drug-likeness (QED) is 0.816. The molecule has 0 radical (unpaired) electrons. The van der Waals surface area contributed by atoms with Crippen molar-refractivity contribution in [2.24, 2.45) is 0 Å². The van der Waals surface area contributed by atoms with Crippen LogP contribution < -0.4 is 11.1 Å². The number of nitrogens with two attached hydrogens (primary N) is 1. The molecule has 2 rings (SSSR count). The molecule has 0 saturated carbocycles. The van der Waals surface area contributed by atoms with Crippen LogP contribution in [0.1, 0.15) is 6.92 Å². The maximum absolute atomic E-state index is 11.2. The first kappa shape index (κ1) is 12.8.